The van der Waals surface area contributed by atoms with Crippen molar-refractivity contribution < 1.29 is 28.2 Å². The van der Waals surface area contributed by atoms with Crippen LogP contribution >= 0.6 is 11.6 Å². The maximum atomic E-state index is 13.4. The van der Waals surface area contributed by atoms with E-state index in [-0.39, 0.29) is 38.9 Å². The lowest BCUT2D eigenvalue weighted by Gasteiger charge is -2.27. The van der Waals surface area contributed by atoms with E-state index in [4.69, 9.17) is 30.2 Å². The van der Waals surface area contributed by atoms with Gasteiger partial charge in [-0.3, -0.25) is 4.79 Å². The Balaban J connectivity index is 1.48. The summed E-state index contributed by atoms with van der Waals surface area (Å²) in [7, 11) is 1.54. The van der Waals surface area contributed by atoms with Gasteiger partial charge in [0.15, 0.2) is 11.5 Å². The van der Waals surface area contributed by atoms with Gasteiger partial charge in [-0.15, -0.1) is 0 Å². The number of furan rings is 1. The highest BCUT2D eigenvalue weighted by Gasteiger charge is 2.23. The summed E-state index contributed by atoms with van der Waals surface area (Å²) < 4.78 is 21.5. The number of nitrogens with one attached hydrogen (secondary N) is 1. The lowest BCUT2D eigenvalue weighted by molar-refractivity contribution is -0.133. The number of ether oxygens (including phenoxy) is 3. The van der Waals surface area contributed by atoms with E-state index >= 15 is 0 Å². The van der Waals surface area contributed by atoms with Crippen LogP contribution in [0.3, 0.4) is 0 Å². The van der Waals surface area contributed by atoms with Crippen molar-refractivity contribution in [1.29, 1.82) is 0 Å². The number of nitrogens with zero attached hydrogens (tertiary/aromatic N) is 2. The number of rotatable bonds is 10. The maximum absolute atomic E-state index is 13.4. The van der Waals surface area contributed by atoms with Crippen LogP contribution < -0.4 is 14.8 Å². The van der Waals surface area contributed by atoms with Crippen LogP contribution in [-0.2, 0) is 22.6 Å². The van der Waals surface area contributed by atoms with Gasteiger partial charge in [-0.25, -0.2) is 4.79 Å². The van der Waals surface area contributed by atoms with Crippen molar-refractivity contribution in [3.05, 3.63) is 77.2 Å². The van der Waals surface area contributed by atoms with E-state index in [0.29, 0.717) is 34.5 Å². The minimum atomic E-state index is -0.418. The Kier molecular flexibility index (Phi) is 8.12. The first-order valence-electron chi connectivity index (χ1n) is 11.0. The van der Waals surface area contributed by atoms with Gasteiger partial charge in [-0.2, -0.15) is 0 Å². The minimum absolute atomic E-state index is 0.145. The summed E-state index contributed by atoms with van der Waals surface area (Å²) in [5, 5.41) is 3.36. The van der Waals surface area contributed by atoms with Crippen molar-refractivity contribution in [3.8, 4) is 11.5 Å². The second-order valence-electron chi connectivity index (χ2n) is 7.87. The third-order valence-corrected chi connectivity index (χ3v) is 5.62. The number of halogens is 1. The predicted molar refractivity (Wildman–Crippen MR) is 129 cm³/mol. The van der Waals surface area contributed by atoms with Gasteiger partial charge < -0.3 is 33.7 Å². The van der Waals surface area contributed by atoms with Crippen LogP contribution in [0.1, 0.15) is 11.3 Å². The summed E-state index contributed by atoms with van der Waals surface area (Å²) in [4.78, 5) is 29.4. The summed E-state index contributed by atoms with van der Waals surface area (Å²) in [6.45, 7) is 1.09. The fourth-order valence-corrected chi connectivity index (χ4v) is 3.66. The zero-order valence-corrected chi connectivity index (χ0v) is 20.0. The van der Waals surface area contributed by atoms with Crippen molar-refractivity contribution in [2.75, 3.05) is 38.9 Å². The zero-order valence-electron chi connectivity index (χ0n) is 19.2. The average Bonchev–Trinajstić information content (AvgIpc) is 3.54. The normalized spacial score (nSPS) is 11.8. The highest BCUT2D eigenvalue weighted by molar-refractivity contribution is 6.30. The first kappa shape index (κ1) is 24.4. The average molecular weight is 500 g/mol. The van der Waals surface area contributed by atoms with Crippen LogP contribution in [0.15, 0.2) is 65.3 Å². The molecular formula is C25H26ClN3O6. The van der Waals surface area contributed by atoms with Crippen LogP contribution in [0, 0.1) is 0 Å². The van der Waals surface area contributed by atoms with Gasteiger partial charge in [0.2, 0.25) is 12.7 Å². The smallest absolute Gasteiger partial charge is 0.322 e. The molecule has 2 aromatic carbocycles. The molecule has 1 aromatic heterocycles. The molecule has 1 aliphatic rings. The molecule has 0 unspecified atom stereocenters. The van der Waals surface area contributed by atoms with E-state index in [1.54, 1.807) is 54.7 Å². The molecule has 2 heterocycles. The molecule has 0 bridgehead atoms. The number of hydrogen-bond donors (Lipinski definition) is 1. The Hall–Kier alpha value is -3.69. The van der Waals surface area contributed by atoms with Crippen molar-refractivity contribution in [1.82, 2.24) is 9.80 Å². The van der Waals surface area contributed by atoms with Gasteiger partial charge in [0.05, 0.1) is 19.4 Å². The van der Waals surface area contributed by atoms with Crippen LogP contribution in [-0.4, -0.2) is 55.3 Å². The first-order valence-corrected chi connectivity index (χ1v) is 11.4. The summed E-state index contributed by atoms with van der Waals surface area (Å²) in [6, 6.07) is 15.4. The Morgan fingerprint density at radius 2 is 1.83 bits per heavy atom. The maximum Gasteiger partial charge on any atom is 0.322 e. The van der Waals surface area contributed by atoms with Gasteiger partial charge in [-0.05, 0) is 54.1 Å². The number of methoxy groups -OCH3 is 1. The third kappa shape index (κ3) is 6.68. The Morgan fingerprint density at radius 3 is 2.57 bits per heavy atom. The molecule has 0 atom stereocenters. The molecule has 1 N–H and O–H groups in total. The molecule has 1 aliphatic heterocycles. The van der Waals surface area contributed by atoms with E-state index in [9.17, 15) is 9.59 Å². The second kappa shape index (κ2) is 11.6. The number of amides is 3. The monoisotopic (exact) mass is 499 g/mol. The highest BCUT2D eigenvalue weighted by Crippen LogP contribution is 2.33. The number of hydrogen-bond acceptors (Lipinski definition) is 6. The summed E-state index contributed by atoms with van der Waals surface area (Å²) in [5.41, 5.74) is 1.44. The number of carbonyl (C=O) groups is 2. The topological polar surface area (TPSA) is 93.5 Å². The highest BCUT2D eigenvalue weighted by atomic mass is 35.5. The number of carbonyl (C=O) groups excluding carboxylic acids is 2. The molecule has 9 nitrogen and oxygen atoms in total. The molecule has 0 aliphatic carbocycles. The number of anilines is 1. The van der Waals surface area contributed by atoms with Crippen LogP contribution in [0.5, 0.6) is 11.5 Å². The van der Waals surface area contributed by atoms with Crippen LogP contribution in [0.25, 0.3) is 0 Å². The molecule has 10 heteroatoms. The molecular weight excluding hydrogens is 474 g/mol. The zero-order chi connectivity index (χ0) is 24.6. The van der Waals surface area contributed by atoms with E-state index in [2.05, 4.69) is 5.32 Å². The van der Waals surface area contributed by atoms with Crippen molar-refractivity contribution in [2.24, 2.45) is 0 Å². The SMILES string of the molecule is COCCN(CC(=O)N(Cc1ccc2c(c1)OCO2)Cc1ccco1)C(=O)Nc1ccc(Cl)cc1. The van der Waals surface area contributed by atoms with Crippen LogP contribution in [0.2, 0.25) is 5.02 Å². The molecule has 35 heavy (non-hydrogen) atoms. The fraction of sp³-hybridized carbons (Fsp3) is 0.280. The first-order chi connectivity index (χ1) is 17.0. The fourth-order valence-electron chi connectivity index (χ4n) is 3.54. The van der Waals surface area contributed by atoms with Gasteiger partial charge in [0, 0.05) is 30.9 Å². The summed E-state index contributed by atoms with van der Waals surface area (Å²) in [5.74, 6) is 1.69. The molecule has 0 saturated heterocycles. The second-order valence-corrected chi connectivity index (χ2v) is 8.30. The van der Waals surface area contributed by atoms with Crippen LogP contribution in [0.4, 0.5) is 10.5 Å². The molecule has 4 rings (SSSR count). The van der Waals surface area contributed by atoms with E-state index < -0.39 is 6.03 Å². The largest absolute Gasteiger partial charge is 0.467 e. The molecule has 0 saturated carbocycles. The standard InChI is InChI=1S/C25H26ClN3O6/c1-32-12-10-28(25(31)27-20-7-5-19(26)6-8-20)16-24(30)29(15-21-3-2-11-33-21)14-18-4-9-22-23(13-18)35-17-34-22/h2-9,11,13H,10,12,14-17H2,1H3,(H,27,31). The quantitative estimate of drug-likeness (QED) is 0.445. The number of benzene rings is 2. The number of urea groups is 1. The lowest BCUT2D eigenvalue weighted by Crippen LogP contribution is -2.45. The predicted octanol–water partition coefficient (Wildman–Crippen LogP) is 4.37. The van der Waals surface area contributed by atoms with E-state index in [1.165, 1.54) is 4.90 Å². The molecule has 0 radical (unpaired) electrons. The molecule has 0 spiro atoms. The van der Waals surface area contributed by atoms with Gasteiger partial charge in [0.1, 0.15) is 12.3 Å². The molecule has 184 valence electrons. The van der Waals surface area contributed by atoms with Crippen molar-refractivity contribution >= 4 is 29.2 Å². The molecule has 0 fully saturated rings. The van der Waals surface area contributed by atoms with Gasteiger partial charge >= 0.3 is 6.03 Å². The lowest BCUT2D eigenvalue weighted by atomic mass is 10.2. The summed E-state index contributed by atoms with van der Waals surface area (Å²) in [6.07, 6.45) is 1.56. The Bertz CT molecular complexity index is 1140. The van der Waals surface area contributed by atoms with Gasteiger partial charge in [-0.1, -0.05) is 17.7 Å². The third-order valence-electron chi connectivity index (χ3n) is 5.36. The molecule has 3 amide bonds. The minimum Gasteiger partial charge on any atom is -0.467 e. The van der Waals surface area contributed by atoms with E-state index in [0.717, 1.165) is 5.56 Å². The summed E-state index contributed by atoms with van der Waals surface area (Å²) >= 11 is 5.93. The van der Waals surface area contributed by atoms with Gasteiger partial charge in [0.25, 0.3) is 0 Å². The van der Waals surface area contributed by atoms with Crippen molar-refractivity contribution in [3.63, 3.8) is 0 Å². The van der Waals surface area contributed by atoms with Crippen molar-refractivity contribution in [2.45, 2.75) is 13.1 Å². The Labute approximate surface area is 208 Å². The molecule has 3 aromatic rings. The number of fused-ring (bicyclic) bond motifs is 1. The Morgan fingerprint density at radius 1 is 1.03 bits per heavy atom. The van der Waals surface area contributed by atoms with E-state index in [1.807, 2.05) is 18.2 Å².